The minimum absolute atomic E-state index is 0.128. The van der Waals surface area contributed by atoms with Crippen molar-refractivity contribution in [3.63, 3.8) is 0 Å². The third-order valence-electron chi connectivity index (χ3n) is 4.58. The number of rotatable bonds is 16. The molecule has 0 bridgehead atoms. The Morgan fingerprint density at radius 3 is 1.80 bits per heavy atom. The second-order valence-corrected chi connectivity index (χ2v) is 8.01. The first-order valence-corrected chi connectivity index (χ1v) is 10.6. The van der Waals surface area contributed by atoms with Gasteiger partial charge in [-0.1, -0.05) is 13.8 Å². The van der Waals surface area contributed by atoms with Crippen molar-refractivity contribution in [1.82, 2.24) is 16.0 Å². The van der Waals surface area contributed by atoms with Gasteiger partial charge in [0.25, 0.3) is 0 Å². The second kappa shape index (κ2) is 15.0. The molecule has 0 aromatic heterocycles. The van der Waals surface area contributed by atoms with Crippen LogP contribution in [-0.4, -0.2) is 82.5 Å². The van der Waals surface area contributed by atoms with Gasteiger partial charge < -0.3 is 49.1 Å². The highest BCUT2D eigenvalue weighted by molar-refractivity contribution is 5.97. The molecule has 35 heavy (non-hydrogen) atoms. The fourth-order valence-electron chi connectivity index (χ4n) is 2.76. The third kappa shape index (κ3) is 12.8. The van der Waals surface area contributed by atoms with Crippen LogP contribution in [0.3, 0.4) is 0 Å². The summed E-state index contributed by atoms with van der Waals surface area (Å²) in [5.41, 5.74) is 21.3. The number of guanidine groups is 1. The molecule has 0 rings (SSSR count). The Balaban J connectivity index is 5.43. The average molecular weight is 503 g/mol. The number of nitrogens with one attached hydrogen (secondary N) is 3. The summed E-state index contributed by atoms with van der Waals surface area (Å²) in [4.78, 5) is 75.3. The van der Waals surface area contributed by atoms with Crippen molar-refractivity contribution in [2.75, 3.05) is 6.54 Å². The molecule has 0 aromatic rings. The van der Waals surface area contributed by atoms with Crippen LogP contribution in [0, 0.1) is 5.92 Å². The van der Waals surface area contributed by atoms with Crippen LogP contribution in [-0.2, 0) is 28.8 Å². The molecule has 0 aliphatic heterocycles. The maximum absolute atomic E-state index is 12.7. The van der Waals surface area contributed by atoms with E-state index in [0.29, 0.717) is 6.42 Å². The summed E-state index contributed by atoms with van der Waals surface area (Å²) in [5, 5.41) is 24.8. The van der Waals surface area contributed by atoms with Crippen LogP contribution in [0.25, 0.3) is 0 Å². The van der Waals surface area contributed by atoms with Gasteiger partial charge in [-0.2, -0.15) is 0 Å². The van der Waals surface area contributed by atoms with Crippen molar-refractivity contribution >= 4 is 41.5 Å². The van der Waals surface area contributed by atoms with E-state index in [2.05, 4.69) is 20.9 Å². The van der Waals surface area contributed by atoms with Crippen molar-refractivity contribution in [3.8, 4) is 0 Å². The number of aliphatic imine (C=N–C) groups is 1. The fourth-order valence-corrected chi connectivity index (χ4v) is 2.76. The van der Waals surface area contributed by atoms with E-state index in [9.17, 15) is 33.9 Å². The summed E-state index contributed by atoms with van der Waals surface area (Å²) >= 11 is 0. The van der Waals surface area contributed by atoms with Crippen LogP contribution < -0.4 is 38.9 Å². The van der Waals surface area contributed by atoms with Crippen molar-refractivity contribution in [1.29, 1.82) is 0 Å². The van der Waals surface area contributed by atoms with E-state index in [-0.39, 0.29) is 18.9 Å². The highest BCUT2D eigenvalue weighted by Gasteiger charge is 2.33. The van der Waals surface area contributed by atoms with Gasteiger partial charge in [0, 0.05) is 6.54 Å². The second-order valence-electron chi connectivity index (χ2n) is 8.01. The van der Waals surface area contributed by atoms with Gasteiger partial charge >= 0.3 is 11.9 Å². The molecular formula is C19H34N8O8. The maximum Gasteiger partial charge on any atom is 0.326 e. The lowest BCUT2D eigenvalue weighted by Crippen LogP contribution is -2.58. The molecule has 0 spiro atoms. The molecule has 16 nitrogen and oxygen atoms in total. The predicted molar refractivity (Wildman–Crippen MR) is 122 cm³/mol. The molecule has 0 aliphatic carbocycles. The monoisotopic (exact) mass is 502 g/mol. The minimum Gasteiger partial charge on any atom is -0.481 e. The number of nitrogens with two attached hydrogens (primary N) is 4. The number of nitrogens with zero attached hydrogens (tertiary/aromatic N) is 1. The smallest absolute Gasteiger partial charge is 0.326 e. The summed E-state index contributed by atoms with van der Waals surface area (Å²) < 4.78 is 0. The Morgan fingerprint density at radius 1 is 0.829 bits per heavy atom. The normalized spacial score (nSPS) is 14.1. The standard InChI is InChI=1S/C19H34N8O8/c1-8(2)14(18(34)35)27-17(33)11(7-13(29)30)26-16(32)10(6-12(21)28)25-15(31)9(20)4-3-5-24-19(22)23/h8-11,14H,3-7,20H2,1-2H3,(H2,21,28)(H,25,31)(H,26,32)(H,27,33)(H,29,30)(H,34,35)(H4,22,23,24). The number of hydrogen-bond donors (Lipinski definition) is 9. The molecule has 4 atom stereocenters. The van der Waals surface area contributed by atoms with E-state index < -0.39 is 78.5 Å². The Morgan fingerprint density at radius 2 is 1.34 bits per heavy atom. The molecular weight excluding hydrogens is 468 g/mol. The summed E-state index contributed by atoms with van der Waals surface area (Å²) in [6, 6.07) is -5.74. The number of hydrogen-bond acceptors (Lipinski definition) is 8. The first-order chi connectivity index (χ1) is 16.1. The highest BCUT2D eigenvalue weighted by atomic mass is 16.4. The van der Waals surface area contributed by atoms with Crippen LogP contribution in [0.4, 0.5) is 0 Å². The summed E-state index contributed by atoms with van der Waals surface area (Å²) in [5.74, 6) is -7.48. The van der Waals surface area contributed by atoms with Crippen molar-refractivity contribution in [3.05, 3.63) is 0 Å². The zero-order valence-electron chi connectivity index (χ0n) is 19.5. The fraction of sp³-hybridized carbons (Fsp3) is 0.632. The predicted octanol–water partition coefficient (Wildman–Crippen LogP) is -4.09. The first-order valence-electron chi connectivity index (χ1n) is 10.6. The van der Waals surface area contributed by atoms with Gasteiger partial charge in [0.2, 0.25) is 23.6 Å². The van der Waals surface area contributed by atoms with Crippen molar-refractivity contribution < 1.29 is 39.0 Å². The zero-order valence-corrected chi connectivity index (χ0v) is 19.5. The van der Waals surface area contributed by atoms with Gasteiger partial charge in [-0.3, -0.25) is 29.0 Å². The highest BCUT2D eigenvalue weighted by Crippen LogP contribution is 2.05. The lowest BCUT2D eigenvalue weighted by molar-refractivity contribution is -0.144. The van der Waals surface area contributed by atoms with Crippen LogP contribution in [0.2, 0.25) is 0 Å². The number of carboxylic acids is 2. The third-order valence-corrected chi connectivity index (χ3v) is 4.58. The maximum atomic E-state index is 12.7. The number of amides is 4. The number of aliphatic carboxylic acids is 2. The van der Waals surface area contributed by atoms with E-state index in [0.717, 1.165) is 0 Å². The van der Waals surface area contributed by atoms with Crippen LogP contribution in [0.1, 0.15) is 39.5 Å². The molecule has 0 saturated heterocycles. The Kier molecular flexibility index (Phi) is 13.4. The summed E-state index contributed by atoms with van der Waals surface area (Å²) in [6.45, 7) is 3.24. The van der Waals surface area contributed by atoms with Gasteiger partial charge in [0.05, 0.1) is 18.9 Å². The summed E-state index contributed by atoms with van der Waals surface area (Å²) in [7, 11) is 0. The topological polar surface area (TPSA) is 295 Å². The molecule has 0 radical (unpaired) electrons. The van der Waals surface area contributed by atoms with E-state index in [4.69, 9.17) is 28.0 Å². The van der Waals surface area contributed by atoms with Gasteiger partial charge in [-0.05, 0) is 18.8 Å². The van der Waals surface area contributed by atoms with Gasteiger partial charge in [-0.15, -0.1) is 0 Å². The Labute approximate surface area is 201 Å². The average Bonchev–Trinajstić information content (AvgIpc) is 2.72. The first kappa shape index (κ1) is 31.0. The van der Waals surface area contributed by atoms with E-state index >= 15 is 0 Å². The van der Waals surface area contributed by atoms with E-state index in [1.807, 2.05) is 0 Å². The molecule has 16 heteroatoms. The molecule has 0 heterocycles. The number of carbonyl (C=O) groups excluding carboxylic acids is 4. The molecule has 0 saturated carbocycles. The molecule has 13 N–H and O–H groups in total. The molecule has 4 amide bonds. The molecule has 4 unspecified atom stereocenters. The lowest BCUT2D eigenvalue weighted by atomic mass is 10.0. The SMILES string of the molecule is CC(C)C(NC(=O)C(CC(=O)O)NC(=O)C(CC(N)=O)NC(=O)C(N)CCCN=C(N)N)C(=O)O. The minimum atomic E-state index is -1.71. The quantitative estimate of drug-likeness (QED) is 0.0555. The van der Waals surface area contributed by atoms with Gasteiger partial charge in [0.15, 0.2) is 5.96 Å². The van der Waals surface area contributed by atoms with Crippen LogP contribution in [0.15, 0.2) is 4.99 Å². The van der Waals surface area contributed by atoms with Crippen molar-refractivity contribution in [2.45, 2.75) is 63.7 Å². The van der Waals surface area contributed by atoms with E-state index in [1.54, 1.807) is 0 Å². The number of carbonyl (C=O) groups is 6. The van der Waals surface area contributed by atoms with Crippen LogP contribution >= 0.6 is 0 Å². The molecule has 198 valence electrons. The largest absolute Gasteiger partial charge is 0.481 e. The number of primary amides is 1. The molecule has 0 aromatic carbocycles. The molecule has 0 fully saturated rings. The number of carboxylic acid groups (broad SMARTS) is 2. The van der Waals surface area contributed by atoms with Crippen molar-refractivity contribution in [2.24, 2.45) is 33.8 Å². The zero-order chi connectivity index (χ0) is 27.3. The molecule has 0 aliphatic rings. The van der Waals surface area contributed by atoms with Gasteiger partial charge in [0.1, 0.15) is 18.1 Å². The van der Waals surface area contributed by atoms with E-state index in [1.165, 1.54) is 13.8 Å². The van der Waals surface area contributed by atoms with Crippen LogP contribution in [0.5, 0.6) is 0 Å². The Bertz CT molecular complexity index is 828. The Hall–Kier alpha value is -3.95. The van der Waals surface area contributed by atoms with Gasteiger partial charge in [-0.25, -0.2) is 4.79 Å². The summed E-state index contributed by atoms with van der Waals surface area (Å²) in [6.07, 6.45) is -1.11. The lowest BCUT2D eigenvalue weighted by Gasteiger charge is -2.25.